The van der Waals surface area contributed by atoms with Crippen molar-refractivity contribution in [1.82, 2.24) is 5.32 Å². The van der Waals surface area contributed by atoms with Crippen LogP contribution >= 0.6 is 0 Å². The van der Waals surface area contributed by atoms with Gasteiger partial charge in [-0.3, -0.25) is 4.79 Å². The Hall–Kier alpha value is -2.49. The Morgan fingerprint density at radius 2 is 1.64 bits per heavy atom. The highest BCUT2D eigenvalue weighted by Gasteiger charge is 2.15. The SMILES string of the molecule is COc1cc(C(=O)NCc2ccc(C)cc2)c(OC)cc1C. The van der Waals surface area contributed by atoms with Crippen LogP contribution < -0.4 is 14.8 Å². The van der Waals surface area contributed by atoms with Gasteiger partial charge in [0.05, 0.1) is 19.8 Å². The molecule has 0 aliphatic heterocycles. The van der Waals surface area contributed by atoms with Crippen LogP contribution in [0.5, 0.6) is 11.5 Å². The van der Waals surface area contributed by atoms with Gasteiger partial charge in [0.1, 0.15) is 11.5 Å². The van der Waals surface area contributed by atoms with E-state index in [9.17, 15) is 4.79 Å². The molecule has 0 saturated carbocycles. The summed E-state index contributed by atoms with van der Waals surface area (Å²) in [6, 6.07) is 11.6. The Balaban J connectivity index is 2.16. The molecule has 4 nitrogen and oxygen atoms in total. The van der Waals surface area contributed by atoms with Crippen LogP contribution in [0.1, 0.15) is 27.0 Å². The lowest BCUT2D eigenvalue weighted by atomic mass is 10.1. The normalized spacial score (nSPS) is 10.2. The number of nitrogens with one attached hydrogen (secondary N) is 1. The largest absolute Gasteiger partial charge is 0.496 e. The van der Waals surface area contributed by atoms with Gasteiger partial charge in [-0.15, -0.1) is 0 Å². The van der Waals surface area contributed by atoms with Crippen LogP contribution in [-0.4, -0.2) is 20.1 Å². The fourth-order valence-corrected chi connectivity index (χ4v) is 2.21. The summed E-state index contributed by atoms with van der Waals surface area (Å²) in [7, 11) is 3.14. The number of rotatable bonds is 5. The molecule has 1 N–H and O–H groups in total. The number of aryl methyl sites for hydroxylation is 2. The van der Waals surface area contributed by atoms with E-state index in [0.29, 0.717) is 23.6 Å². The summed E-state index contributed by atoms with van der Waals surface area (Å²) < 4.78 is 10.6. The van der Waals surface area contributed by atoms with Gasteiger partial charge in [0, 0.05) is 6.54 Å². The Bertz CT molecular complexity index is 663. The van der Waals surface area contributed by atoms with E-state index in [1.54, 1.807) is 26.4 Å². The van der Waals surface area contributed by atoms with Crippen molar-refractivity contribution < 1.29 is 14.3 Å². The smallest absolute Gasteiger partial charge is 0.255 e. The zero-order valence-corrected chi connectivity index (χ0v) is 13.4. The van der Waals surface area contributed by atoms with E-state index >= 15 is 0 Å². The maximum atomic E-state index is 12.4. The molecule has 2 aromatic rings. The quantitative estimate of drug-likeness (QED) is 0.922. The van der Waals surface area contributed by atoms with Gasteiger partial charge in [-0.05, 0) is 37.1 Å². The van der Waals surface area contributed by atoms with Crippen LogP contribution in [0.25, 0.3) is 0 Å². The molecule has 0 bridgehead atoms. The number of benzene rings is 2. The summed E-state index contributed by atoms with van der Waals surface area (Å²) in [5.41, 5.74) is 3.64. The summed E-state index contributed by atoms with van der Waals surface area (Å²) in [6.07, 6.45) is 0. The molecule has 1 amide bonds. The standard InChI is InChI=1S/C18H21NO3/c1-12-5-7-14(8-6-12)11-19-18(20)15-10-16(21-3)13(2)9-17(15)22-4/h5-10H,11H2,1-4H3,(H,19,20). The molecule has 0 aromatic heterocycles. The number of amides is 1. The second-order valence-corrected chi connectivity index (χ2v) is 5.19. The van der Waals surface area contributed by atoms with E-state index in [1.165, 1.54) is 5.56 Å². The molecule has 22 heavy (non-hydrogen) atoms. The first kappa shape index (κ1) is 15.9. The zero-order chi connectivity index (χ0) is 16.1. The van der Waals surface area contributed by atoms with Gasteiger partial charge < -0.3 is 14.8 Å². The molecule has 0 unspecified atom stereocenters. The summed E-state index contributed by atoms with van der Waals surface area (Å²) in [5.74, 6) is 1.02. The summed E-state index contributed by atoms with van der Waals surface area (Å²) in [4.78, 5) is 12.4. The molecule has 2 aromatic carbocycles. The number of ether oxygens (including phenoxy) is 2. The molecular formula is C18H21NO3. The highest BCUT2D eigenvalue weighted by Crippen LogP contribution is 2.28. The van der Waals surface area contributed by atoms with Gasteiger partial charge in [0.15, 0.2) is 0 Å². The average molecular weight is 299 g/mol. The molecule has 0 saturated heterocycles. The average Bonchev–Trinajstić information content (AvgIpc) is 2.53. The van der Waals surface area contributed by atoms with E-state index in [0.717, 1.165) is 11.1 Å². The minimum Gasteiger partial charge on any atom is -0.496 e. The lowest BCUT2D eigenvalue weighted by molar-refractivity contribution is 0.0947. The van der Waals surface area contributed by atoms with E-state index < -0.39 is 0 Å². The van der Waals surface area contributed by atoms with Crippen molar-refractivity contribution >= 4 is 5.91 Å². The lowest BCUT2D eigenvalue weighted by Gasteiger charge is -2.13. The van der Waals surface area contributed by atoms with Crippen molar-refractivity contribution in [3.05, 3.63) is 58.7 Å². The monoisotopic (exact) mass is 299 g/mol. The van der Waals surface area contributed by atoms with Crippen molar-refractivity contribution in [2.75, 3.05) is 14.2 Å². The molecule has 116 valence electrons. The number of carbonyl (C=O) groups excluding carboxylic acids is 1. The lowest BCUT2D eigenvalue weighted by Crippen LogP contribution is -2.23. The second kappa shape index (κ2) is 6.98. The predicted octanol–water partition coefficient (Wildman–Crippen LogP) is 3.25. The van der Waals surface area contributed by atoms with Gasteiger partial charge in [0.25, 0.3) is 5.91 Å². The highest BCUT2D eigenvalue weighted by molar-refractivity contribution is 5.97. The molecule has 0 spiro atoms. The van der Waals surface area contributed by atoms with E-state index in [-0.39, 0.29) is 5.91 Å². The first-order valence-corrected chi connectivity index (χ1v) is 7.11. The minimum atomic E-state index is -0.185. The molecule has 0 aliphatic carbocycles. The first-order chi connectivity index (χ1) is 10.5. The molecule has 0 atom stereocenters. The summed E-state index contributed by atoms with van der Waals surface area (Å²) in [6.45, 7) is 4.42. The number of methoxy groups -OCH3 is 2. The molecule has 0 fully saturated rings. The molecule has 0 heterocycles. The van der Waals surface area contributed by atoms with Crippen molar-refractivity contribution in [3.63, 3.8) is 0 Å². The van der Waals surface area contributed by atoms with Crippen LogP contribution in [-0.2, 0) is 6.54 Å². The van der Waals surface area contributed by atoms with E-state index in [2.05, 4.69) is 5.32 Å². The van der Waals surface area contributed by atoms with Gasteiger partial charge in [-0.25, -0.2) is 0 Å². The molecule has 0 aliphatic rings. The van der Waals surface area contributed by atoms with Crippen LogP contribution in [0, 0.1) is 13.8 Å². The van der Waals surface area contributed by atoms with Gasteiger partial charge in [0.2, 0.25) is 0 Å². The Kier molecular flexibility index (Phi) is 5.04. The summed E-state index contributed by atoms with van der Waals surface area (Å²) in [5, 5.41) is 2.91. The Labute approximate surface area is 131 Å². The van der Waals surface area contributed by atoms with Gasteiger partial charge >= 0.3 is 0 Å². The number of hydrogen-bond donors (Lipinski definition) is 1. The fourth-order valence-electron chi connectivity index (χ4n) is 2.21. The van der Waals surface area contributed by atoms with Crippen LogP contribution in [0.2, 0.25) is 0 Å². The van der Waals surface area contributed by atoms with Crippen LogP contribution in [0.3, 0.4) is 0 Å². The van der Waals surface area contributed by atoms with Crippen molar-refractivity contribution in [1.29, 1.82) is 0 Å². The maximum absolute atomic E-state index is 12.4. The molecule has 2 rings (SSSR count). The van der Waals surface area contributed by atoms with Crippen LogP contribution in [0.15, 0.2) is 36.4 Å². The van der Waals surface area contributed by atoms with Crippen LogP contribution in [0.4, 0.5) is 0 Å². The zero-order valence-electron chi connectivity index (χ0n) is 13.4. The summed E-state index contributed by atoms with van der Waals surface area (Å²) >= 11 is 0. The number of carbonyl (C=O) groups is 1. The third-order valence-electron chi connectivity index (χ3n) is 3.54. The van der Waals surface area contributed by atoms with E-state index in [4.69, 9.17) is 9.47 Å². The minimum absolute atomic E-state index is 0.185. The first-order valence-electron chi connectivity index (χ1n) is 7.11. The molecule has 4 heteroatoms. The number of hydrogen-bond acceptors (Lipinski definition) is 3. The van der Waals surface area contributed by atoms with E-state index in [1.807, 2.05) is 38.1 Å². The highest BCUT2D eigenvalue weighted by atomic mass is 16.5. The second-order valence-electron chi connectivity index (χ2n) is 5.19. The Morgan fingerprint density at radius 1 is 1.00 bits per heavy atom. The predicted molar refractivity (Wildman–Crippen MR) is 86.6 cm³/mol. The van der Waals surface area contributed by atoms with Gasteiger partial charge in [-0.2, -0.15) is 0 Å². The van der Waals surface area contributed by atoms with Crippen molar-refractivity contribution in [3.8, 4) is 11.5 Å². The van der Waals surface area contributed by atoms with Gasteiger partial charge in [-0.1, -0.05) is 29.8 Å². The van der Waals surface area contributed by atoms with Crippen molar-refractivity contribution in [2.24, 2.45) is 0 Å². The maximum Gasteiger partial charge on any atom is 0.255 e. The third-order valence-corrected chi connectivity index (χ3v) is 3.54. The third kappa shape index (κ3) is 3.58. The topological polar surface area (TPSA) is 47.6 Å². The molecular weight excluding hydrogens is 278 g/mol. The fraction of sp³-hybridized carbons (Fsp3) is 0.278. The molecule has 0 radical (unpaired) electrons. The Morgan fingerprint density at radius 3 is 2.23 bits per heavy atom. The van der Waals surface area contributed by atoms with Crippen molar-refractivity contribution in [2.45, 2.75) is 20.4 Å².